The summed E-state index contributed by atoms with van der Waals surface area (Å²) in [6, 6.07) is 8.81. The molecule has 0 saturated heterocycles. The highest BCUT2D eigenvalue weighted by Crippen LogP contribution is 2.29. The Hall–Kier alpha value is -3.16. The van der Waals surface area contributed by atoms with Crippen LogP contribution in [0.3, 0.4) is 0 Å². The van der Waals surface area contributed by atoms with E-state index in [1.165, 1.54) is 23.1 Å². The summed E-state index contributed by atoms with van der Waals surface area (Å²) >= 11 is 0. The first kappa shape index (κ1) is 13.8. The number of non-ortho nitro benzene ring substituents is 1. The maximum absolute atomic E-state index is 12.4. The molecule has 0 radical (unpaired) electrons. The number of carbonyl (C=O) groups excluding carboxylic acids is 1. The highest BCUT2D eigenvalue weighted by Gasteiger charge is 2.25. The van der Waals surface area contributed by atoms with Crippen molar-refractivity contribution in [3.63, 3.8) is 0 Å². The third-order valence-corrected chi connectivity index (χ3v) is 3.13. The fourth-order valence-corrected chi connectivity index (χ4v) is 2.14. The zero-order chi connectivity index (χ0) is 15.5. The Bertz CT molecular complexity index is 734. The molecule has 2 amide bonds. The van der Waals surface area contributed by atoms with E-state index in [2.05, 4.69) is 10.3 Å². The summed E-state index contributed by atoms with van der Waals surface area (Å²) in [5.74, 6) is 0.958. The molecule has 1 aliphatic rings. The maximum atomic E-state index is 12.4. The van der Waals surface area contributed by atoms with Gasteiger partial charge in [0.2, 0.25) is 0 Å². The number of aromatic nitrogens is 1. The third-order valence-electron chi connectivity index (χ3n) is 3.13. The van der Waals surface area contributed by atoms with Crippen molar-refractivity contribution >= 4 is 23.2 Å². The van der Waals surface area contributed by atoms with Crippen LogP contribution >= 0.6 is 0 Å². The monoisotopic (exact) mass is 300 g/mol. The minimum absolute atomic E-state index is 0.0849. The van der Waals surface area contributed by atoms with E-state index >= 15 is 0 Å². The van der Waals surface area contributed by atoms with E-state index in [1.807, 2.05) is 0 Å². The molecule has 112 valence electrons. The Kier molecular flexibility index (Phi) is 3.57. The Labute approximate surface area is 125 Å². The van der Waals surface area contributed by atoms with E-state index in [9.17, 15) is 14.9 Å². The van der Waals surface area contributed by atoms with Gasteiger partial charge in [0.1, 0.15) is 6.61 Å². The zero-order valence-corrected chi connectivity index (χ0v) is 11.4. The van der Waals surface area contributed by atoms with Gasteiger partial charge >= 0.3 is 6.03 Å². The Morgan fingerprint density at radius 2 is 2.23 bits per heavy atom. The van der Waals surface area contributed by atoms with Gasteiger partial charge in [-0.15, -0.1) is 0 Å². The summed E-state index contributed by atoms with van der Waals surface area (Å²) in [5.41, 5.74) is 0.265. The van der Waals surface area contributed by atoms with E-state index < -0.39 is 11.0 Å². The topological polar surface area (TPSA) is 97.6 Å². The number of nitro groups is 1. The minimum Gasteiger partial charge on any atom is -0.488 e. The highest BCUT2D eigenvalue weighted by molar-refractivity contribution is 6.02. The first-order valence-corrected chi connectivity index (χ1v) is 6.56. The number of carbonyl (C=O) groups is 1. The fourth-order valence-electron chi connectivity index (χ4n) is 2.14. The maximum Gasteiger partial charge on any atom is 0.327 e. The van der Waals surface area contributed by atoms with Gasteiger partial charge in [0.15, 0.2) is 11.6 Å². The summed E-state index contributed by atoms with van der Waals surface area (Å²) < 4.78 is 5.43. The van der Waals surface area contributed by atoms with E-state index in [0.29, 0.717) is 30.4 Å². The lowest BCUT2D eigenvalue weighted by Crippen LogP contribution is -2.41. The number of nitrogens with one attached hydrogen (secondary N) is 1. The van der Waals surface area contributed by atoms with E-state index in [1.54, 1.807) is 24.4 Å². The third kappa shape index (κ3) is 2.66. The molecule has 3 rings (SSSR count). The molecule has 1 aromatic carbocycles. The van der Waals surface area contributed by atoms with Gasteiger partial charge in [0, 0.05) is 24.0 Å². The van der Waals surface area contributed by atoms with E-state index in [4.69, 9.17) is 4.74 Å². The number of nitrogens with zero attached hydrogens (tertiary/aromatic N) is 3. The van der Waals surface area contributed by atoms with Crippen molar-refractivity contribution < 1.29 is 14.5 Å². The smallest absolute Gasteiger partial charge is 0.327 e. The second-order valence-electron chi connectivity index (χ2n) is 4.56. The number of benzene rings is 1. The molecule has 0 atom stereocenters. The number of amides is 2. The number of nitro benzene ring substituents is 1. The number of hydrogen-bond acceptors (Lipinski definition) is 5. The van der Waals surface area contributed by atoms with Crippen LogP contribution in [-0.2, 0) is 0 Å². The lowest BCUT2D eigenvalue weighted by Gasteiger charge is -2.28. The number of fused-ring (bicyclic) bond motifs is 1. The molecule has 0 bridgehead atoms. The molecular formula is C14H12N4O4. The average Bonchev–Trinajstić information content (AvgIpc) is 2.54. The minimum atomic E-state index is -0.513. The van der Waals surface area contributed by atoms with Gasteiger partial charge in [0.05, 0.1) is 11.5 Å². The number of hydrogen-bond donors (Lipinski definition) is 1. The van der Waals surface area contributed by atoms with Gasteiger partial charge in [-0.2, -0.15) is 0 Å². The van der Waals surface area contributed by atoms with E-state index in [-0.39, 0.29) is 5.69 Å². The number of urea groups is 1. The van der Waals surface area contributed by atoms with Gasteiger partial charge in [-0.05, 0) is 18.2 Å². The second kappa shape index (κ2) is 5.68. The SMILES string of the molecule is O=C(Nc1cccc([N+](=O)[O-])c1)N1CCOc2cccnc21. The molecule has 0 spiro atoms. The van der Waals surface area contributed by atoms with Gasteiger partial charge in [-0.3, -0.25) is 15.0 Å². The zero-order valence-electron chi connectivity index (χ0n) is 11.4. The van der Waals surface area contributed by atoms with Crippen LogP contribution in [0.4, 0.5) is 22.0 Å². The molecule has 0 fully saturated rings. The van der Waals surface area contributed by atoms with Crippen molar-refractivity contribution in [2.75, 3.05) is 23.4 Å². The second-order valence-corrected chi connectivity index (χ2v) is 4.56. The summed E-state index contributed by atoms with van der Waals surface area (Å²) in [4.78, 5) is 28.2. The largest absolute Gasteiger partial charge is 0.488 e. The summed E-state index contributed by atoms with van der Waals surface area (Å²) in [6.45, 7) is 0.714. The summed E-state index contributed by atoms with van der Waals surface area (Å²) in [7, 11) is 0. The molecule has 8 nitrogen and oxygen atoms in total. The number of ether oxygens (including phenoxy) is 1. The van der Waals surface area contributed by atoms with Crippen molar-refractivity contribution in [2.45, 2.75) is 0 Å². The normalized spacial score (nSPS) is 13.0. The van der Waals surface area contributed by atoms with Gasteiger partial charge in [0.25, 0.3) is 5.69 Å². The molecule has 1 aliphatic heterocycles. The predicted octanol–water partition coefficient (Wildman–Crippen LogP) is 2.42. The van der Waals surface area contributed by atoms with Crippen LogP contribution in [-0.4, -0.2) is 29.1 Å². The van der Waals surface area contributed by atoms with Crippen LogP contribution in [0.25, 0.3) is 0 Å². The average molecular weight is 300 g/mol. The first-order valence-electron chi connectivity index (χ1n) is 6.56. The number of pyridine rings is 1. The highest BCUT2D eigenvalue weighted by atomic mass is 16.6. The molecular weight excluding hydrogens is 288 g/mol. The molecule has 1 aromatic heterocycles. The standard InChI is InChI=1S/C14H12N4O4/c19-14(16-10-3-1-4-11(9-10)18(20)21)17-7-8-22-12-5-2-6-15-13(12)17/h1-6,9H,7-8H2,(H,16,19). The van der Waals surface area contributed by atoms with E-state index in [0.717, 1.165) is 0 Å². The Morgan fingerprint density at radius 3 is 3.05 bits per heavy atom. The van der Waals surface area contributed by atoms with Crippen molar-refractivity contribution in [3.05, 3.63) is 52.7 Å². The van der Waals surface area contributed by atoms with Crippen LogP contribution < -0.4 is 15.0 Å². The van der Waals surface area contributed by atoms with Crippen molar-refractivity contribution in [1.29, 1.82) is 0 Å². The van der Waals surface area contributed by atoms with Crippen molar-refractivity contribution in [3.8, 4) is 5.75 Å². The lowest BCUT2D eigenvalue weighted by atomic mass is 10.3. The van der Waals surface area contributed by atoms with Crippen LogP contribution in [0.15, 0.2) is 42.6 Å². The fraction of sp³-hybridized carbons (Fsp3) is 0.143. The molecule has 0 aliphatic carbocycles. The van der Waals surface area contributed by atoms with Gasteiger partial charge < -0.3 is 10.1 Å². The molecule has 22 heavy (non-hydrogen) atoms. The van der Waals surface area contributed by atoms with Gasteiger partial charge in [-0.1, -0.05) is 6.07 Å². The molecule has 0 saturated carbocycles. The van der Waals surface area contributed by atoms with Gasteiger partial charge in [-0.25, -0.2) is 9.78 Å². The van der Waals surface area contributed by atoms with Crippen LogP contribution in [0, 0.1) is 10.1 Å². The quantitative estimate of drug-likeness (QED) is 0.678. The van der Waals surface area contributed by atoms with Crippen molar-refractivity contribution in [2.24, 2.45) is 0 Å². The molecule has 8 heteroatoms. The predicted molar refractivity (Wildman–Crippen MR) is 79.2 cm³/mol. The van der Waals surface area contributed by atoms with Crippen molar-refractivity contribution in [1.82, 2.24) is 4.98 Å². The molecule has 2 heterocycles. The van der Waals surface area contributed by atoms with Crippen LogP contribution in [0.2, 0.25) is 0 Å². The Morgan fingerprint density at radius 1 is 1.36 bits per heavy atom. The molecule has 2 aromatic rings. The Balaban J connectivity index is 1.81. The van der Waals surface area contributed by atoms with Crippen LogP contribution in [0.5, 0.6) is 5.75 Å². The lowest BCUT2D eigenvalue weighted by molar-refractivity contribution is -0.384. The van der Waals surface area contributed by atoms with Crippen LogP contribution in [0.1, 0.15) is 0 Å². The summed E-state index contributed by atoms with van der Waals surface area (Å²) in [6.07, 6.45) is 1.57. The number of rotatable bonds is 2. The molecule has 0 unspecified atom stereocenters. The number of anilines is 2. The summed E-state index contributed by atoms with van der Waals surface area (Å²) in [5, 5.41) is 13.4. The molecule has 1 N–H and O–H groups in total. The first-order chi connectivity index (χ1) is 10.6.